The number of pyridine rings is 1. The molecule has 1 rings (SSSR count). The Morgan fingerprint density at radius 2 is 2.13 bits per heavy atom. The minimum atomic E-state index is -0.544. The Kier molecular flexibility index (Phi) is 4.61. The van der Waals surface area contributed by atoms with Crippen LogP contribution in [0.2, 0.25) is 10.2 Å². The Balaban J connectivity index is 3.29. The van der Waals surface area contributed by atoms with Gasteiger partial charge in [-0.2, -0.15) is 0 Å². The lowest BCUT2D eigenvalue weighted by Gasteiger charge is -2.08. The van der Waals surface area contributed by atoms with Gasteiger partial charge in [-0.1, -0.05) is 23.2 Å². The topological polar surface area (TPSA) is 39.2 Å². The SMILES string of the molecule is CCOC(=O)c1c(Cl)nc(C)c(I)c1Cl. The molecule has 1 aromatic rings. The van der Waals surface area contributed by atoms with Crippen LogP contribution in [0.25, 0.3) is 0 Å². The summed E-state index contributed by atoms with van der Waals surface area (Å²) in [6, 6.07) is 0. The molecule has 0 amide bonds. The summed E-state index contributed by atoms with van der Waals surface area (Å²) >= 11 is 13.9. The van der Waals surface area contributed by atoms with Gasteiger partial charge < -0.3 is 4.74 Å². The third-order valence-electron chi connectivity index (χ3n) is 1.68. The molecule has 0 aliphatic heterocycles. The molecule has 0 spiro atoms. The maximum atomic E-state index is 11.5. The molecule has 3 nitrogen and oxygen atoms in total. The van der Waals surface area contributed by atoms with Gasteiger partial charge in [-0.15, -0.1) is 0 Å². The van der Waals surface area contributed by atoms with Gasteiger partial charge in [-0.25, -0.2) is 9.78 Å². The Bertz CT molecular complexity index is 410. The van der Waals surface area contributed by atoms with E-state index in [1.54, 1.807) is 13.8 Å². The van der Waals surface area contributed by atoms with Crippen molar-refractivity contribution < 1.29 is 9.53 Å². The first-order chi connectivity index (χ1) is 6.99. The van der Waals surface area contributed by atoms with E-state index in [-0.39, 0.29) is 17.3 Å². The van der Waals surface area contributed by atoms with E-state index in [0.29, 0.717) is 14.3 Å². The summed E-state index contributed by atoms with van der Waals surface area (Å²) < 4.78 is 5.54. The molecule has 0 bridgehead atoms. The fourth-order valence-corrected chi connectivity index (χ4v) is 2.03. The van der Waals surface area contributed by atoms with Crippen LogP contribution in [0.3, 0.4) is 0 Å². The van der Waals surface area contributed by atoms with E-state index in [4.69, 9.17) is 27.9 Å². The summed E-state index contributed by atoms with van der Waals surface area (Å²) in [4.78, 5) is 15.5. The summed E-state index contributed by atoms with van der Waals surface area (Å²) in [5.74, 6) is -0.544. The van der Waals surface area contributed by atoms with Gasteiger partial charge in [-0.05, 0) is 36.4 Å². The van der Waals surface area contributed by atoms with Crippen LogP contribution in [-0.4, -0.2) is 17.6 Å². The first-order valence-corrected chi connectivity index (χ1v) is 6.00. The molecule has 0 aromatic carbocycles. The number of carbonyl (C=O) groups is 1. The Morgan fingerprint density at radius 1 is 1.53 bits per heavy atom. The minimum Gasteiger partial charge on any atom is -0.462 e. The fraction of sp³-hybridized carbons (Fsp3) is 0.333. The van der Waals surface area contributed by atoms with E-state index in [1.165, 1.54) is 0 Å². The maximum absolute atomic E-state index is 11.5. The quantitative estimate of drug-likeness (QED) is 0.461. The van der Waals surface area contributed by atoms with Gasteiger partial charge in [0.25, 0.3) is 0 Å². The van der Waals surface area contributed by atoms with Gasteiger partial charge in [0, 0.05) is 0 Å². The highest BCUT2D eigenvalue weighted by atomic mass is 127. The smallest absolute Gasteiger partial charge is 0.342 e. The van der Waals surface area contributed by atoms with Crippen LogP contribution in [0.4, 0.5) is 0 Å². The lowest BCUT2D eigenvalue weighted by Crippen LogP contribution is -2.09. The number of nitrogens with zero attached hydrogens (tertiary/aromatic N) is 1. The highest BCUT2D eigenvalue weighted by molar-refractivity contribution is 14.1. The molecule has 0 radical (unpaired) electrons. The molecule has 6 heteroatoms. The molecule has 0 fully saturated rings. The predicted molar refractivity (Wildman–Crippen MR) is 67.7 cm³/mol. The van der Waals surface area contributed by atoms with Crippen molar-refractivity contribution in [2.75, 3.05) is 6.61 Å². The van der Waals surface area contributed by atoms with Crippen molar-refractivity contribution in [2.45, 2.75) is 13.8 Å². The van der Waals surface area contributed by atoms with Gasteiger partial charge in [0.15, 0.2) is 0 Å². The number of aromatic nitrogens is 1. The predicted octanol–water partition coefficient (Wildman–Crippen LogP) is 3.48. The number of esters is 1. The van der Waals surface area contributed by atoms with Gasteiger partial charge in [0.05, 0.1) is 20.9 Å². The summed E-state index contributed by atoms with van der Waals surface area (Å²) in [6.07, 6.45) is 0. The molecule has 15 heavy (non-hydrogen) atoms. The molecule has 0 aliphatic carbocycles. The number of hydrogen-bond acceptors (Lipinski definition) is 3. The maximum Gasteiger partial charge on any atom is 0.342 e. The van der Waals surface area contributed by atoms with Crippen LogP contribution in [0.15, 0.2) is 0 Å². The van der Waals surface area contributed by atoms with E-state index in [0.717, 1.165) is 0 Å². The van der Waals surface area contributed by atoms with Crippen molar-refractivity contribution in [1.82, 2.24) is 4.98 Å². The van der Waals surface area contributed by atoms with Crippen LogP contribution in [0.1, 0.15) is 23.0 Å². The van der Waals surface area contributed by atoms with Crippen LogP contribution in [-0.2, 0) is 4.74 Å². The molecule has 0 atom stereocenters. The molecule has 0 aliphatic rings. The molecule has 1 heterocycles. The molecule has 1 aromatic heterocycles. The summed E-state index contributed by atoms with van der Waals surface area (Å²) in [5.41, 5.74) is 0.828. The molecule has 82 valence electrons. The highest BCUT2D eigenvalue weighted by Crippen LogP contribution is 2.30. The van der Waals surface area contributed by atoms with Crippen molar-refractivity contribution >= 4 is 51.8 Å². The lowest BCUT2D eigenvalue weighted by molar-refractivity contribution is 0.0526. The van der Waals surface area contributed by atoms with Crippen molar-refractivity contribution in [2.24, 2.45) is 0 Å². The number of rotatable bonds is 2. The monoisotopic (exact) mass is 359 g/mol. The van der Waals surface area contributed by atoms with Crippen LogP contribution in [0.5, 0.6) is 0 Å². The highest BCUT2D eigenvalue weighted by Gasteiger charge is 2.20. The number of halogens is 3. The molecule has 0 N–H and O–H groups in total. The zero-order chi connectivity index (χ0) is 11.6. The third-order valence-corrected chi connectivity index (χ3v) is 3.97. The zero-order valence-electron chi connectivity index (χ0n) is 8.10. The largest absolute Gasteiger partial charge is 0.462 e. The number of aryl methyl sites for hydroxylation is 1. The average Bonchev–Trinajstić information content (AvgIpc) is 2.15. The summed E-state index contributed by atoms with van der Waals surface area (Å²) in [5, 5.41) is 0.378. The number of carbonyl (C=O) groups excluding carboxylic acids is 1. The number of hydrogen-bond donors (Lipinski definition) is 0. The summed E-state index contributed by atoms with van der Waals surface area (Å²) in [6.45, 7) is 3.76. The van der Waals surface area contributed by atoms with E-state index < -0.39 is 5.97 Å². The van der Waals surface area contributed by atoms with Gasteiger partial charge in [0.2, 0.25) is 0 Å². The lowest BCUT2D eigenvalue weighted by atomic mass is 10.2. The first-order valence-electron chi connectivity index (χ1n) is 4.17. The normalized spacial score (nSPS) is 10.2. The minimum absolute atomic E-state index is 0.0800. The standard InChI is InChI=1S/C9H8Cl2INO2/c1-3-15-9(14)5-6(10)7(12)4(2)13-8(5)11/h3H2,1-2H3. The molecule has 0 unspecified atom stereocenters. The molecule has 0 saturated heterocycles. The van der Waals surface area contributed by atoms with E-state index in [9.17, 15) is 4.79 Å². The van der Waals surface area contributed by atoms with Crippen LogP contribution < -0.4 is 0 Å². The Hall–Kier alpha value is -0.0700. The van der Waals surface area contributed by atoms with E-state index in [1.807, 2.05) is 22.6 Å². The fourth-order valence-electron chi connectivity index (χ4n) is 0.988. The van der Waals surface area contributed by atoms with Gasteiger partial charge in [-0.3, -0.25) is 0 Å². The molecular formula is C9H8Cl2INO2. The molecule has 0 saturated carbocycles. The Labute approximate surface area is 111 Å². The second-order valence-electron chi connectivity index (χ2n) is 2.71. The first kappa shape index (κ1) is 13.0. The van der Waals surface area contributed by atoms with Crippen LogP contribution >= 0.6 is 45.8 Å². The van der Waals surface area contributed by atoms with E-state index in [2.05, 4.69) is 4.98 Å². The molecular weight excluding hydrogens is 352 g/mol. The average molecular weight is 360 g/mol. The van der Waals surface area contributed by atoms with Crippen molar-refractivity contribution in [1.29, 1.82) is 0 Å². The summed E-state index contributed by atoms with van der Waals surface area (Å²) in [7, 11) is 0. The van der Waals surface area contributed by atoms with E-state index >= 15 is 0 Å². The van der Waals surface area contributed by atoms with Gasteiger partial charge in [0.1, 0.15) is 10.7 Å². The van der Waals surface area contributed by atoms with Crippen LogP contribution in [0, 0.1) is 10.5 Å². The van der Waals surface area contributed by atoms with Crippen molar-refractivity contribution in [3.63, 3.8) is 0 Å². The van der Waals surface area contributed by atoms with Crippen molar-refractivity contribution in [3.8, 4) is 0 Å². The van der Waals surface area contributed by atoms with Crippen molar-refractivity contribution in [3.05, 3.63) is 25.0 Å². The zero-order valence-corrected chi connectivity index (χ0v) is 11.8. The Morgan fingerprint density at radius 3 is 2.67 bits per heavy atom. The second-order valence-corrected chi connectivity index (χ2v) is 4.53. The number of ether oxygens (including phenoxy) is 1. The second kappa shape index (κ2) is 5.32. The van der Waals surface area contributed by atoms with Gasteiger partial charge >= 0.3 is 5.97 Å². The third kappa shape index (κ3) is 2.73.